The lowest BCUT2D eigenvalue weighted by Crippen LogP contribution is -2.20. The molecule has 1 aliphatic rings. The van der Waals surface area contributed by atoms with Crippen LogP contribution in [-0.2, 0) is 9.53 Å². The van der Waals surface area contributed by atoms with E-state index in [1.807, 2.05) is 0 Å². The van der Waals surface area contributed by atoms with E-state index in [2.05, 4.69) is 0 Å². The minimum absolute atomic E-state index is 0.267. The molecule has 3 nitrogen and oxygen atoms in total. The van der Waals surface area contributed by atoms with Gasteiger partial charge in [0.1, 0.15) is 6.61 Å². The lowest BCUT2D eigenvalue weighted by atomic mass is 9.98. The van der Waals surface area contributed by atoms with Crippen LogP contribution in [0.15, 0.2) is 0 Å². The molecule has 0 aromatic rings. The topological polar surface area (TPSA) is 52.3 Å². The highest BCUT2D eigenvalue weighted by molar-refractivity contribution is 5.79. The summed E-state index contributed by atoms with van der Waals surface area (Å²) >= 11 is 0. The number of hydrogen-bond donors (Lipinski definition) is 1. The molecule has 0 saturated heterocycles. The summed E-state index contributed by atoms with van der Waals surface area (Å²) in [4.78, 5) is 11.6. The van der Waals surface area contributed by atoms with Gasteiger partial charge in [0.15, 0.2) is 5.78 Å². The number of hydrogen-bond acceptors (Lipinski definition) is 3. The molecule has 0 aromatic heterocycles. The van der Waals surface area contributed by atoms with Gasteiger partial charge in [-0.05, 0) is 32.2 Å². The van der Waals surface area contributed by atoms with E-state index in [9.17, 15) is 4.79 Å². The second-order valence-electron chi connectivity index (χ2n) is 5.06. The van der Waals surface area contributed by atoms with Gasteiger partial charge in [0.05, 0.1) is 6.10 Å². The van der Waals surface area contributed by atoms with E-state index in [1.165, 1.54) is 19.3 Å². The van der Waals surface area contributed by atoms with Gasteiger partial charge in [-0.2, -0.15) is 0 Å². The van der Waals surface area contributed by atoms with Gasteiger partial charge in [0, 0.05) is 6.42 Å². The molecule has 2 N–H and O–H groups in total. The van der Waals surface area contributed by atoms with Gasteiger partial charge in [-0.3, -0.25) is 4.79 Å². The maximum Gasteiger partial charge on any atom is 0.158 e. The van der Waals surface area contributed by atoms with Crippen LogP contribution in [0.1, 0.15) is 64.2 Å². The average Bonchev–Trinajstić information content (AvgIpc) is 2.37. The van der Waals surface area contributed by atoms with Crippen LogP contribution in [0.4, 0.5) is 0 Å². The van der Waals surface area contributed by atoms with Gasteiger partial charge >= 0.3 is 0 Å². The molecule has 3 heteroatoms. The van der Waals surface area contributed by atoms with Crippen LogP contribution in [0, 0.1) is 0 Å². The van der Waals surface area contributed by atoms with E-state index in [0.717, 1.165) is 45.1 Å². The van der Waals surface area contributed by atoms with Crippen LogP contribution in [0.3, 0.4) is 0 Å². The van der Waals surface area contributed by atoms with E-state index in [1.54, 1.807) is 0 Å². The standard InChI is InChI=1S/C14H27NO2/c15-11-7-2-1-4-8-13(16)12-17-14-9-5-3-6-10-14/h14H,1-12,15H2. The average molecular weight is 241 g/mol. The summed E-state index contributed by atoms with van der Waals surface area (Å²) in [6, 6.07) is 0. The smallest absolute Gasteiger partial charge is 0.158 e. The molecular formula is C14H27NO2. The van der Waals surface area contributed by atoms with Crippen molar-refractivity contribution in [2.75, 3.05) is 13.2 Å². The van der Waals surface area contributed by atoms with Crippen molar-refractivity contribution >= 4 is 5.78 Å². The summed E-state index contributed by atoms with van der Waals surface area (Å²) in [7, 11) is 0. The molecule has 1 aliphatic carbocycles. The number of carbonyl (C=O) groups is 1. The zero-order chi connectivity index (χ0) is 12.3. The van der Waals surface area contributed by atoms with Crippen molar-refractivity contribution in [1.29, 1.82) is 0 Å². The summed E-state index contributed by atoms with van der Waals surface area (Å²) in [5.74, 6) is 0.267. The molecule has 1 fully saturated rings. The number of rotatable bonds is 9. The summed E-state index contributed by atoms with van der Waals surface area (Å²) in [6.45, 7) is 1.10. The third-order valence-corrected chi connectivity index (χ3v) is 3.44. The van der Waals surface area contributed by atoms with Gasteiger partial charge in [-0.15, -0.1) is 0 Å². The second kappa shape index (κ2) is 9.60. The van der Waals surface area contributed by atoms with Crippen molar-refractivity contribution < 1.29 is 9.53 Å². The Bertz CT molecular complexity index is 200. The molecule has 0 heterocycles. The van der Waals surface area contributed by atoms with Crippen molar-refractivity contribution in [2.24, 2.45) is 5.73 Å². The molecule has 100 valence electrons. The third-order valence-electron chi connectivity index (χ3n) is 3.44. The molecule has 1 rings (SSSR count). The van der Waals surface area contributed by atoms with Crippen LogP contribution in [-0.4, -0.2) is 25.0 Å². The third kappa shape index (κ3) is 7.50. The minimum Gasteiger partial charge on any atom is -0.370 e. The molecule has 0 spiro atoms. The highest BCUT2D eigenvalue weighted by atomic mass is 16.5. The maximum absolute atomic E-state index is 11.6. The fourth-order valence-electron chi connectivity index (χ4n) is 2.33. The highest BCUT2D eigenvalue weighted by Crippen LogP contribution is 2.20. The van der Waals surface area contributed by atoms with Crippen molar-refractivity contribution in [2.45, 2.75) is 70.3 Å². The largest absolute Gasteiger partial charge is 0.370 e. The molecule has 17 heavy (non-hydrogen) atoms. The molecule has 0 unspecified atom stereocenters. The van der Waals surface area contributed by atoms with Gasteiger partial charge < -0.3 is 10.5 Å². The minimum atomic E-state index is 0.267. The maximum atomic E-state index is 11.6. The molecule has 0 aromatic carbocycles. The van der Waals surface area contributed by atoms with Gasteiger partial charge in [0.2, 0.25) is 0 Å². The lowest BCUT2D eigenvalue weighted by molar-refractivity contribution is -0.126. The number of ketones is 1. The fourth-order valence-corrected chi connectivity index (χ4v) is 2.33. The number of Topliss-reactive ketones (excluding diaryl/α,β-unsaturated/α-hetero) is 1. The fraction of sp³-hybridized carbons (Fsp3) is 0.929. The molecule has 0 amide bonds. The first-order valence-electron chi connectivity index (χ1n) is 7.16. The van der Waals surface area contributed by atoms with Crippen molar-refractivity contribution in [1.82, 2.24) is 0 Å². The first-order valence-corrected chi connectivity index (χ1v) is 7.16. The van der Waals surface area contributed by atoms with E-state index in [-0.39, 0.29) is 5.78 Å². The number of ether oxygens (including phenoxy) is 1. The Labute approximate surface area is 105 Å². The van der Waals surface area contributed by atoms with Crippen LogP contribution < -0.4 is 5.73 Å². The van der Waals surface area contributed by atoms with E-state index < -0.39 is 0 Å². The molecule has 1 saturated carbocycles. The van der Waals surface area contributed by atoms with Crippen molar-refractivity contribution in [3.63, 3.8) is 0 Å². The van der Waals surface area contributed by atoms with Gasteiger partial charge in [-0.25, -0.2) is 0 Å². The Balaban J connectivity index is 1.93. The summed E-state index contributed by atoms with van der Waals surface area (Å²) < 4.78 is 5.65. The van der Waals surface area contributed by atoms with Crippen LogP contribution in [0.25, 0.3) is 0 Å². The number of nitrogens with two attached hydrogens (primary N) is 1. The zero-order valence-corrected chi connectivity index (χ0v) is 11.0. The molecule has 0 bridgehead atoms. The number of carbonyl (C=O) groups excluding carboxylic acids is 1. The molecule has 0 radical (unpaired) electrons. The quantitative estimate of drug-likeness (QED) is 0.631. The molecule has 0 aliphatic heterocycles. The van der Waals surface area contributed by atoms with E-state index in [4.69, 9.17) is 10.5 Å². The first kappa shape index (κ1) is 14.7. The van der Waals surface area contributed by atoms with Crippen LogP contribution in [0.2, 0.25) is 0 Å². The van der Waals surface area contributed by atoms with E-state index in [0.29, 0.717) is 19.1 Å². The highest BCUT2D eigenvalue weighted by Gasteiger charge is 2.14. The lowest BCUT2D eigenvalue weighted by Gasteiger charge is -2.21. The van der Waals surface area contributed by atoms with Gasteiger partial charge in [0.25, 0.3) is 0 Å². The Kier molecular flexibility index (Phi) is 8.28. The second-order valence-corrected chi connectivity index (χ2v) is 5.06. The Morgan fingerprint density at radius 1 is 1.06 bits per heavy atom. The summed E-state index contributed by atoms with van der Waals surface area (Å²) in [5, 5.41) is 0. The Morgan fingerprint density at radius 2 is 1.76 bits per heavy atom. The predicted octanol–water partition coefficient (Wildman–Crippen LogP) is 2.81. The first-order chi connectivity index (χ1) is 8.33. The number of unbranched alkanes of at least 4 members (excludes halogenated alkanes) is 3. The zero-order valence-electron chi connectivity index (χ0n) is 11.0. The Hall–Kier alpha value is -0.410. The van der Waals surface area contributed by atoms with Gasteiger partial charge in [-0.1, -0.05) is 32.1 Å². The van der Waals surface area contributed by atoms with Crippen molar-refractivity contribution in [3.8, 4) is 0 Å². The summed E-state index contributed by atoms with van der Waals surface area (Å²) in [6.07, 6.45) is 11.5. The van der Waals surface area contributed by atoms with Crippen LogP contribution >= 0.6 is 0 Å². The monoisotopic (exact) mass is 241 g/mol. The Morgan fingerprint density at radius 3 is 2.47 bits per heavy atom. The molecule has 0 atom stereocenters. The SMILES string of the molecule is NCCCCCCC(=O)COC1CCCCC1. The normalized spacial score (nSPS) is 17.2. The van der Waals surface area contributed by atoms with Crippen molar-refractivity contribution in [3.05, 3.63) is 0 Å². The van der Waals surface area contributed by atoms with E-state index >= 15 is 0 Å². The predicted molar refractivity (Wildman–Crippen MR) is 70.0 cm³/mol. The molecular weight excluding hydrogens is 214 g/mol. The van der Waals surface area contributed by atoms with Crippen LogP contribution in [0.5, 0.6) is 0 Å². The summed E-state index contributed by atoms with van der Waals surface area (Å²) in [5.41, 5.74) is 5.41.